The van der Waals surface area contributed by atoms with E-state index in [4.69, 9.17) is 21.2 Å². The van der Waals surface area contributed by atoms with Gasteiger partial charge in [0.2, 0.25) is 5.76 Å². The van der Waals surface area contributed by atoms with Crippen LogP contribution in [0.1, 0.15) is 23.4 Å². The number of piperidine rings is 1. The fourth-order valence-electron chi connectivity index (χ4n) is 2.68. The number of halogens is 1. The first-order valence-electron chi connectivity index (χ1n) is 7.29. The molecule has 3 rings (SSSR count). The van der Waals surface area contributed by atoms with Gasteiger partial charge in [0, 0.05) is 29.7 Å². The van der Waals surface area contributed by atoms with Crippen molar-refractivity contribution in [3.63, 3.8) is 0 Å². The Bertz CT molecular complexity index is 743. The van der Waals surface area contributed by atoms with Crippen LogP contribution in [0.5, 0.6) is 0 Å². The second-order valence-corrected chi connectivity index (χ2v) is 5.95. The number of carbonyl (C=O) groups excluding carboxylic acids is 1. The van der Waals surface area contributed by atoms with Crippen molar-refractivity contribution in [3.8, 4) is 11.3 Å². The number of carboxylic acid groups (broad SMARTS) is 1. The van der Waals surface area contributed by atoms with Crippen LogP contribution in [-0.2, 0) is 4.79 Å². The molecule has 6 nitrogen and oxygen atoms in total. The Morgan fingerprint density at radius 3 is 2.91 bits per heavy atom. The summed E-state index contributed by atoms with van der Waals surface area (Å²) in [6.45, 7) is 0.719. The number of likely N-dealkylation sites (tertiary alicyclic amines) is 1. The van der Waals surface area contributed by atoms with Gasteiger partial charge < -0.3 is 14.5 Å². The van der Waals surface area contributed by atoms with Crippen LogP contribution in [0.4, 0.5) is 0 Å². The summed E-state index contributed by atoms with van der Waals surface area (Å²) in [6, 6.07) is 8.64. The second kappa shape index (κ2) is 6.42. The van der Waals surface area contributed by atoms with E-state index >= 15 is 0 Å². The van der Waals surface area contributed by atoms with Gasteiger partial charge in [-0.2, -0.15) is 0 Å². The molecule has 1 unspecified atom stereocenters. The maximum absolute atomic E-state index is 12.5. The minimum Gasteiger partial charge on any atom is -0.481 e. The lowest BCUT2D eigenvalue weighted by Gasteiger charge is -2.29. The number of benzene rings is 1. The molecule has 1 amide bonds. The first-order valence-corrected chi connectivity index (χ1v) is 7.67. The van der Waals surface area contributed by atoms with Crippen molar-refractivity contribution >= 4 is 23.5 Å². The number of hydrogen-bond donors (Lipinski definition) is 1. The van der Waals surface area contributed by atoms with Crippen molar-refractivity contribution in [1.82, 2.24) is 10.1 Å². The maximum Gasteiger partial charge on any atom is 0.308 e. The molecule has 23 heavy (non-hydrogen) atoms. The molecule has 2 aromatic rings. The third-order valence-corrected chi connectivity index (χ3v) is 4.13. The minimum absolute atomic E-state index is 0.103. The van der Waals surface area contributed by atoms with Crippen molar-refractivity contribution in [1.29, 1.82) is 0 Å². The molecule has 1 aliphatic heterocycles. The minimum atomic E-state index is -0.875. The van der Waals surface area contributed by atoms with Gasteiger partial charge in [-0.1, -0.05) is 28.9 Å². The monoisotopic (exact) mass is 334 g/mol. The number of rotatable bonds is 3. The summed E-state index contributed by atoms with van der Waals surface area (Å²) in [4.78, 5) is 25.1. The Hall–Kier alpha value is -2.34. The smallest absolute Gasteiger partial charge is 0.308 e. The molecule has 0 saturated carbocycles. The van der Waals surface area contributed by atoms with Gasteiger partial charge in [-0.25, -0.2) is 0 Å². The molecular formula is C16H15ClN2O4. The Balaban J connectivity index is 1.77. The van der Waals surface area contributed by atoms with Crippen LogP contribution < -0.4 is 0 Å². The summed E-state index contributed by atoms with van der Waals surface area (Å²) in [5.41, 5.74) is 1.27. The van der Waals surface area contributed by atoms with Crippen molar-refractivity contribution in [2.45, 2.75) is 12.8 Å². The lowest BCUT2D eigenvalue weighted by atomic mass is 9.98. The summed E-state index contributed by atoms with van der Waals surface area (Å²) < 4.78 is 5.14. The summed E-state index contributed by atoms with van der Waals surface area (Å²) >= 11 is 5.94. The SMILES string of the molecule is O=C(O)C1CCCN(C(=O)c2cc(-c3cccc(Cl)c3)no2)C1. The number of aromatic nitrogens is 1. The van der Waals surface area contributed by atoms with Gasteiger partial charge in [0.25, 0.3) is 5.91 Å². The van der Waals surface area contributed by atoms with Crippen LogP contribution in [0.3, 0.4) is 0 Å². The van der Waals surface area contributed by atoms with Gasteiger partial charge >= 0.3 is 5.97 Å². The van der Waals surface area contributed by atoms with E-state index in [9.17, 15) is 9.59 Å². The van der Waals surface area contributed by atoms with E-state index in [1.54, 1.807) is 24.3 Å². The van der Waals surface area contributed by atoms with Crippen molar-refractivity contribution in [2.75, 3.05) is 13.1 Å². The van der Waals surface area contributed by atoms with E-state index in [1.165, 1.54) is 4.90 Å². The number of nitrogens with zero attached hydrogens (tertiary/aromatic N) is 2. The molecule has 120 valence electrons. The highest BCUT2D eigenvalue weighted by Crippen LogP contribution is 2.24. The van der Waals surface area contributed by atoms with Crippen LogP contribution >= 0.6 is 11.6 Å². The molecule has 1 fully saturated rings. The molecule has 2 heterocycles. The third kappa shape index (κ3) is 3.37. The summed E-state index contributed by atoms with van der Waals surface area (Å²) in [7, 11) is 0. The number of aliphatic carboxylic acids is 1. The quantitative estimate of drug-likeness (QED) is 0.933. The molecule has 0 spiro atoms. The predicted molar refractivity (Wildman–Crippen MR) is 83.2 cm³/mol. The van der Waals surface area contributed by atoms with Crippen LogP contribution in [0.2, 0.25) is 5.02 Å². The topological polar surface area (TPSA) is 83.6 Å². The van der Waals surface area contributed by atoms with Crippen molar-refractivity contribution in [2.24, 2.45) is 5.92 Å². The molecule has 0 radical (unpaired) electrons. The molecular weight excluding hydrogens is 320 g/mol. The van der Waals surface area contributed by atoms with Gasteiger partial charge in [-0.05, 0) is 25.0 Å². The third-order valence-electron chi connectivity index (χ3n) is 3.90. The maximum atomic E-state index is 12.5. The molecule has 1 atom stereocenters. The van der Waals surface area contributed by atoms with Crippen LogP contribution in [0.25, 0.3) is 11.3 Å². The predicted octanol–water partition coefficient (Wildman–Crippen LogP) is 2.93. The Kier molecular flexibility index (Phi) is 4.34. The molecule has 7 heteroatoms. The normalized spacial score (nSPS) is 18.0. The number of amides is 1. The fourth-order valence-corrected chi connectivity index (χ4v) is 2.87. The highest BCUT2D eigenvalue weighted by Gasteiger charge is 2.30. The van der Waals surface area contributed by atoms with E-state index in [1.807, 2.05) is 6.07 Å². The van der Waals surface area contributed by atoms with Gasteiger partial charge in [0.05, 0.1) is 5.92 Å². The summed E-state index contributed by atoms with van der Waals surface area (Å²) in [6.07, 6.45) is 1.25. The van der Waals surface area contributed by atoms with Gasteiger partial charge in [-0.3, -0.25) is 9.59 Å². The average Bonchev–Trinajstić information content (AvgIpc) is 3.04. The van der Waals surface area contributed by atoms with Crippen molar-refractivity contribution < 1.29 is 19.2 Å². The fraction of sp³-hybridized carbons (Fsp3) is 0.312. The van der Waals surface area contributed by atoms with E-state index in [0.29, 0.717) is 30.1 Å². The number of carbonyl (C=O) groups is 2. The summed E-state index contributed by atoms with van der Waals surface area (Å²) in [5.74, 6) is -1.63. The van der Waals surface area contributed by atoms with Gasteiger partial charge in [0.1, 0.15) is 5.69 Å². The highest BCUT2D eigenvalue weighted by atomic mass is 35.5. The van der Waals surface area contributed by atoms with Gasteiger partial charge in [-0.15, -0.1) is 0 Å². The van der Waals surface area contributed by atoms with E-state index < -0.39 is 11.9 Å². The summed E-state index contributed by atoms with van der Waals surface area (Å²) in [5, 5.41) is 13.6. The molecule has 0 aliphatic carbocycles. The largest absolute Gasteiger partial charge is 0.481 e. The van der Waals surface area contributed by atoms with Crippen LogP contribution in [0, 0.1) is 5.92 Å². The van der Waals surface area contributed by atoms with E-state index in [0.717, 1.165) is 5.56 Å². The zero-order valence-corrected chi connectivity index (χ0v) is 13.0. The second-order valence-electron chi connectivity index (χ2n) is 5.52. The number of carboxylic acids is 1. The first kappa shape index (κ1) is 15.6. The van der Waals surface area contributed by atoms with Crippen LogP contribution in [-0.4, -0.2) is 40.1 Å². The standard InChI is InChI=1S/C16H15ClN2O4/c17-12-5-1-3-10(7-12)13-8-14(23-18-13)15(20)19-6-2-4-11(9-19)16(21)22/h1,3,5,7-8,11H,2,4,6,9H2,(H,21,22). The Morgan fingerprint density at radius 1 is 1.35 bits per heavy atom. The zero-order valence-electron chi connectivity index (χ0n) is 12.2. The van der Waals surface area contributed by atoms with E-state index in [2.05, 4.69) is 5.16 Å². The average molecular weight is 335 g/mol. The highest BCUT2D eigenvalue weighted by molar-refractivity contribution is 6.30. The molecule has 0 bridgehead atoms. The zero-order chi connectivity index (χ0) is 16.4. The first-order chi connectivity index (χ1) is 11.0. The number of hydrogen-bond acceptors (Lipinski definition) is 4. The molecule has 1 aromatic carbocycles. The van der Waals surface area contributed by atoms with Crippen LogP contribution in [0.15, 0.2) is 34.9 Å². The molecule has 1 N–H and O–H groups in total. The molecule has 1 aromatic heterocycles. The Labute approximate surface area is 137 Å². The lowest BCUT2D eigenvalue weighted by Crippen LogP contribution is -2.42. The molecule has 1 saturated heterocycles. The van der Waals surface area contributed by atoms with Gasteiger partial charge in [0.15, 0.2) is 0 Å². The Morgan fingerprint density at radius 2 is 2.17 bits per heavy atom. The van der Waals surface area contributed by atoms with Crippen molar-refractivity contribution in [3.05, 3.63) is 41.1 Å². The van der Waals surface area contributed by atoms with E-state index in [-0.39, 0.29) is 18.2 Å². The lowest BCUT2D eigenvalue weighted by molar-refractivity contribution is -0.143. The molecule has 1 aliphatic rings.